The first-order chi connectivity index (χ1) is 9.74. The van der Waals surface area contributed by atoms with Crippen LogP contribution in [0.1, 0.15) is 31.5 Å². The third kappa shape index (κ3) is 3.68. The smallest absolute Gasteiger partial charge is 0.135 e. The average Bonchev–Trinajstić information content (AvgIpc) is 3.29. The van der Waals surface area contributed by atoms with Crippen LogP contribution in [0.3, 0.4) is 0 Å². The Bertz CT molecular complexity index is 466. The quantitative estimate of drug-likeness (QED) is 0.833. The number of hydrogen-bond acceptors (Lipinski definition) is 5. The highest BCUT2D eigenvalue weighted by Gasteiger charge is 2.27. The van der Waals surface area contributed by atoms with E-state index in [0.717, 1.165) is 49.0 Å². The number of aromatic nitrogens is 2. The maximum absolute atomic E-state index is 5.79. The van der Waals surface area contributed by atoms with Crippen LogP contribution in [0.4, 0.5) is 5.82 Å². The van der Waals surface area contributed by atoms with Crippen LogP contribution in [0.2, 0.25) is 0 Å². The summed E-state index contributed by atoms with van der Waals surface area (Å²) in [5.74, 6) is 2.42. The van der Waals surface area contributed by atoms with Crippen LogP contribution in [0.25, 0.3) is 0 Å². The fraction of sp³-hybridized carbons (Fsp3) is 0.714. The standard InChI is InChI=1S/C14H21BrN4O/c1-2-19-5-6-20-11(9-19)8-16-13-7-12(15)17-14(18-13)10-3-4-10/h7,10-11H,2-6,8-9H2,1H3,(H,16,17,18). The van der Waals surface area contributed by atoms with Crippen LogP contribution in [-0.2, 0) is 4.74 Å². The molecule has 1 aliphatic heterocycles. The van der Waals surface area contributed by atoms with Gasteiger partial charge in [-0.2, -0.15) is 0 Å². The van der Waals surface area contributed by atoms with Crippen LogP contribution < -0.4 is 5.32 Å². The van der Waals surface area contributed by atoms with Gasteiger partial charge in [-0.05, 0) is 35.3 Å². The van der Waals surface area contributed by atoms with Gasteiger partial charge >= 0.3 is 0 Å². The highest BCUT2D eigenvalue weighted by molar-refractivity contribution is 9.10. The molecule has 1 unspecified atom stereocenters. The molecule has 2 heterocycles. The van der Waals surface area contributed by atoms with Gasteiger partial charge in [0.05, 0.1) is 12.7 Å². The number of ether oxygens (including phenoxy) is 1. The molecule has 20 heavy (non-hydrogen) atoms. The number of nitrogens with one attached hydrogen (secondary N) is 1. The van der Waals surface area contributed by atoms with Gasteiger partial charge in [0.25, 0.3) is 0 Å². The molecule has 0 bridgehead atoms. The van der Waals surface area contributed by atoms with E-state index in [-0.39, 0.29) is 6.10 Å². The summed E-state index contributed by atoms with van der Waals surface area (Å²) >= 11 is 3.47. The van der Waals surface area contributed by atoms with Crippen molar-refractivity contribution in [2.45, 2.75) is 31.8 Å². The predicted octanol–water partition coefficient (Wildman–Crippen LogP) is 2.25. The molecule has 1 aromatic rings. The molecule has 1 saturated carbocycles. The summed E-state index contributed by atoms with van der Waals surface area (Å²) < 4.78 is 6.65. The molecule has 0 aromatic carbocycles. The second-order valence-electron chi connectivity index (χ2n) is 5.48. The molecule has 2 fully saturated rings. The molecule has 1 aliphatic carbocycles. The normalized spacial score (nSPS) is 23.8. The predicted molar refractivity (Wildman–Crippen MR) is 82.1 cm³/mol. The summed E-state index contributed by atoms with van der Waals surface area (Å²) in [5, 5.41) is 3.39. The van der Waals surface area contributed by atoms with E-state index in [1.54, 1.807) is 0 Å². The topological polar surface area (TPSA) is 50.3 Å². The van der Waals surface area contributed by atoms with Crippen LogP contribution in [0, 0.1) is 0 Å². The third-order valence-electron chi connectivity index (χ3n) is 3.84. The van der Waals surface area contributed by atoms with Crippen molar-refractivity contribution < 1.29 is 4.74 Å². The van der Waals surface area contributed by atoms with Gasteiger partial charge < -0.3 is 10.1 Å². The molecule has 1 N–H and O–H groups in total. The van der Waals surface area contributed by atoms with Gasteiger partial charge in [0, 0.05) is 31.6 Å². The van der Waals surface area contributed by atoms with Crippen LogP contribution in [0.5, 0.6) is 0 Å². The lowest BCUT2D eigenvalue weighted by Crippen LogP contribution is -2.45. The van der Waals surface area contributed by atoms with Gasteiger partial charge in [0.2, 0.25) is 0 Å². The number of likely N-dealkylation sites (N-methyl/N-ethyl adjacent to an activating group) is 1. The largest absolute Gasteiger partial charge is 0.374 e. The van der Waals surface area contributed by atoms with Crippen molar-refractivity contribution in [1.29, 1.82) is 0 Å². The summed E-state index contributed by atoms with van der Waals surface area (Å²) in [6.07, 6.45) is 2.67. The van der Waals surface area contributed by atoms with E-state index in [4.69, 9.17) is 4.74 Å². The van der Waals surface area contributed by atoms with Gasteiger partial charge in [0.1, 0.15) is 16.2 Å². The molecule has 5 nitrogen and oxygen atoms in total. The van der Waals surface area contributed by atoms with Gasteiger partial charge in [-0.1, -0.05) is 6.92 Å². The second kappa shape index (κ2) is 6.37. The van der Waals surface area contributed by atoms with Crippen LogP contribution >= 0.6 is 15.9 Å². The fourth-order valence-corrected chi connectivity index (χ4v) is 2.86. The molecular formula is C14H21BrN4O. The van der Waals surface area contributed by atoms with Gasteiger partial charge in [0.15, 0.2) is 0 Å². The lowest BCUT2D eigenvalue weighted by molar-refractivity contribution is -0.0192. The van der Waals surface area contributed by atoms with E-state index >= 15 is 0 Å². The van der Waals surface area contributed by atoms with E-state index < -0.39 is 0 Å². The van der Waals surface area contributed by atoms with Crippen molar-refractivity contribution in [2.24, 2.45) is 0 Å². The Morgan fingerprint density at radius 2 is 2.30 bits per heavy atom. The summed E-state index contributed by atoms with van der Waals surface area (Å²) in [6, 6.07) is 1.94. The number of anilines is 1. The Morgan fingerprint density at radius 3 is 3.05 bits per heavy atom. The van der Waals surface area contributed by atoms with Crippen molar-refractivity contribution in [1.82, 2.24) is 14.9 Å². The average molecular weight is 341 g/mol. The monoisotopic (exact) mass is 340 g/mol. The van der Waals surface area contributed by atoms with Gasteiger partial charge in [-0.3, -0.25) is 4.90 Å². The first-order valence-electron chi connectivity index (χ1n) is 7.37. The first-order valence-corrected chi connectivity index (χ1v) is 8.16. The zero-order valence-electron chi connectivity index (χ0n) is 11.8. The van der Waals surface area contributed by atoms with Crippen molar-refractivity contribution in [3.63, 3.8) is 0 Å². The first kappa shape index (κ1) is 14.2. The number of morpholine rings is 1. The van der Waals surface area contributed by atoms with E-state index in [9.17, 15) is 0 Å². The Balaban J connectivity index is 1.57. The lowest BCUT2D eigenvalue weighted by Gasteiger charge is -2.32. The summed E-state index contributed by atoms with van der Waals surface area (Å²) in [6.45, 7) is 6.93. The molecular weight excluding hydrogens is 320 g/mol. The molecule has 0 radical (unpaired) electrons. The van der Waals surface area contributed by atoms with Crippen LogP contribution in [-0.4, -0.2) is 53.8 Å². The summed E-state index contributed by atoms with van der Waals surface area (Å²) in [4.78, 5) is 11.5. The Kier molecular flexibility index (Phi) is 4.53. The maximum atomic E-state index is 5.79. The Hall–Kier alpha value is -0.720. The molecule has 3 rings (SSSR count). The number of rotatable bonds is 5. The lowest BCUT2D eigenvalue weighted by atomic mass is 10.2. The van der Waals surface area contributed by atoms with Crippen molar-refractivity contribution in [3.05, 3.63) is 16.5 Å². The minimum absolute atomic E-state index is 0.238. The highest BCUT2D eigenvalue weighted by Crippen LogP contribution is 2.38. The zero-order chi connectivity index (χ0) is 13.9. The summed E-state index contributed by atoms with van der Waals surface area (Å²) in [5.41, 5.74) is 0. The molecule has 2 aliphatic rings. The van der Waals surface area contributed by atoms with E-state index in [1.807, 2.05) is 6.07 Å². The minimum Gasteiger partial charge on any atom is -0.374 e. The van der Waals surface area contributed by atoms with E-state index in [1.165, 1.54) is 12.8 Å². The molecule has 6 heteroatoms. The Morgan fingerprint density at radius 1 is 1.45 bits per heavy atom. The molecule has 110 valence electrons. The van der Waals surface area contributed by atoms with E-state index in [2.05, 4.69) is 43.0 Å². The molecule has 0 amide bonds. The second-order valence-corrected chi connectivity index (χ2v) is 6.29. The van der Waals surface area contributed by atoms with Crippen molar-refractivity contribution >= 4 is 21.7 Å². The fourth-order valence-electron chi connectivity index (χ4n) is 2.46. The SMILES string of the molecule is CCN1CCOC(CNc2cc(Br)nc(C3CC3)n2)C1. The number of nitrogens with zero attached hydrogens (tertiary/aromatic N) is 3. The van der Waals surface area contributed by atoms with Gasteiger partial charge in [-0.25, -0.2) is 9.97 Å². The molecule has 0 spiro atoms. The highest BCUT2D eigenvalue weighted by atomic mass is 79.9. The molecule has 1 aromatic heterocycles. The number of hydrogen-bond donors (Lipinski definition) is 1. The van der Waals surface area contributed by atoms with Gasteiger partial charge in [-0.15, -0.1) is 0 Å². The van der Waals surface area contributed by atoms with Crippen molar-refractivity contribution in [3.8, 4) is 0 Å². The molecule has 1 saturated heterocycles. The number of halogens is 1. The minimum atomic E-state index is 0.238. The third-order valence-corrected chi connectivity index (χ3v) is 4.24. The van der Waals surface area contributed by atoms with E-state index in [0.29, 0.717) is 5.92 Å². The molecule has 1 atom stereocenters. The van der Waals surface area contributed by atoms with Crippen LogP contribution in [0.15, 0.2) is 10.7 Å². The Labute approximate surface area is 128 Å². The summed E-state index contributed by atoms with van der Waals surface area (Å²) in [7, 11) is 0. The zero-order valence-corrected chi connectivity index (χ0v) is 13.4. The maximum Gasteiger partial charge on any atom is 0.135 e. The van der Waals surface area contributed by atoms with Crippen molar-refractivity contribution in [2.75, 3.05) is 38.1 Å².